The zero-order valence-electron chi connectivity index (χ0n) is 15.1. The summed E-state index contributed by atoms with van der Waals surface area (Å²) in [5.41, 5.74) is 2.65. The molecule has 0 saturated carbocycles. The molecule has 27 heavy (non-hydrogen) atoms. The SMILES string of the molecule is CN(Cc1ccccc1)C(=O)Cn1c2ccccc2c(=O)c2ccccc21. The van der Waals surface area contributed by atoms with Crippen LogP contribution in [0.1, 0.15) is 5.56 Å². The number of para-hydroxylation sites is 2. The van der Waals surface area contributed by atoms with Crippen LogP contribution in [0, 0.1) is 0 Å². The quantitative estimate of drug-likeness (QED) is 0.522. The average Bonchev–Trinajstić information content (AvgIpc) is 2.71. The highest BCUT2D eigenvalue weighted by molar-refractivity contribution is 5.94. The molecule has 0 unspecified atom stereocenters. The molecule has 1 amide bonds. The van der Waals surface area contributed by atoms with Crippen molar-refractivity contribution >= 4 is 27.7 Å². The summed E-state index contributed by atoms with van der Waals surface area (Å²) in [5, 5.41) is 1.27. The number of carbonyl (C=O) groups is 1. The number of fused-ring (bicyclic) bond motifs is 2. The van der Waals surface area contributed by atoms with Crippen molar-refractivity contribution in [2.24, 2.45) is 0 Å². The minimum atomic E-state index is -0.00203. The van der Waals surface area contributed by atoms with Gasteiger partial charge in [0.25, 0.3) is 0 Å². The van der Waals surface area contributed by atoms with Crippen LogP contribution in [0.2, 0.25) is 0 Å². The molecule has 4 aromatic rings. The first-order chi connectivity index (χ1) is 13.1. The molecule has 0 saturated heterocycles. The lowest BCUT2D eigenvalue weighted by molar-refractivity contribution is -0.130. The fourth-order valence-electron chi connectivity index (χ4n) is 3.45. The monoisotopic (exact) mass is 356 g/mol. The van der Waals surface area contributed by atoms with Crippen molar-refractivity contribution in [2.45, 2.75) is 13.1 Å². The van der Waals surface area contributed by atoms with Gasteiger partial charge in [0.2, 0.25) is 5.91 Å². The Morgan fingerprint density at radius 2 is 1.33 bits per heavy atom. The highest BCUT2D eigenvalue weighted by atomic mass is 16.2. The van der Waals surface area contributed by atoms with E-state index < -0.39 is 0 Å². The van der Waals surface area contributed by atoms with E-state index in [1.807, 2.05) is 90.5 Å². The van der Waals surface area contributed by atoms with Crippen LogP contribution in [0.5, 0.6) is 0 Å². The number of amides is 1. The number of hydrogen-bond donors (Lipinski definition) is 0. The molecule has 0 aliphatic carbocycles. The molecule has 0 aliphatic rings. The van der Waals surface area contributed by atoms with Gasteiger partial charge in [-0.05, 0) is 29.8 Å². The van der Waals surface area contributed by atoms with Gasteiger partial charge in [0, 0.05) is 24.4 Å². The third kappa shape index (κ3) is 3.22. The maximum absolute atomic E-state index is 12.9. The fourth-order valence-corrected chi connectivity index (χ4v) is 3.45. The van der Waals surface area contributed by atoms with Gasteiger partial charge in [0.15, 0.2) is 5.43 Å². The minimum absolute atomic E-state index is 0.00203. The second kappa shape index (κ2) is 7.08. The van der Waals surface area contributed by atoms with E-state index in [1.54, 1.807) is 4.90 Å². The second-order valence-corrected chi connectivity index (χ2v) is 6.68. The molecule has 0 bridgehead atoms. The van der Waals surface area contributed by atoms with E-state index >= 15 is 0 Å². The lowest BCUT2D eigenvalue weighted by atomic mass is 10.1. The second-order valence-electron chi connectivity index (χ2n) is 6.68. The van der Waals surface area contributed by atoms with Crippen LogP contribution < -0.4 is 5.43 Å². The largest absolute Gasteiger partial charge is 0.340 e. The van der Waals surface area contributed by atoms with Gasteiger partial charge in [0.05, 0.1) is 11.0 Å². The van der Waals surface area contributed by atoms with E-state index in [2.05, 4.69) is 0 Å². The number of likely N-dealkylation sites (N-methyl/N-ethyl adjacent to an activating group) is 1. The van der Waals surface area contributed by atoms with Gasteiger partial charge < -0.3 is 9.47 Å². The summed E-state index contributed by atoms with van der Waals surface area (Å²) in [6.07, 6.45) is 0. The van der Waals surface area contributed by atoms with Gasteiger partial charge in [-0.25, -0.2) is 0 Å². The van der Waals surface area contributed by atoms with Gasteiger partial charge in [-0.3, -0.25) is 9.59 Å². The van der Waals surface area contributed by atoms with E-state index in [9.17, 15) is 9.59 Å². The molecule has 0 radical (unpaired) electrons. The molecule has 4 heteroatoms. The molecule has 1 heterocycles. The van der Waals surface area contributed by atoms with Crippen LogP contribution in [0.3, 0.4) is 0 Å². The van der Waals surface area contributed by atoms with Crippen LogP contribution in [0.15, 0.2) is 83.7 Å². The van der Waals surface area contributed by atoms with Crippen molar-refractivity contribution in [1.29, 1.82) is 0 Å². The summed E-state index contributed by atoms with van der Waals surface area (Å²) < 4.78 is 1.94. The first kappa shape index (κ1) is 17.0. The summed E-state index contributed by atoms with van der Waals surface area (Å²) >= 11 is 0. The Morgan fingerprint density at radius 1 is 0.815 bits per heavy atom. The van der Waals surface area contributed by atoms with Gasteiger partial charge in [-0.1, -0.05) is 54.6 Å². The lowest BCUT2D eigenvalue weighted by Crippen LogP contribution is -2.30. The summed E-state index contributed by atoms with van der Waals surface area (Å²) in [7, 11) is 1.81. The van der Waals surface area contributed by atoms with Crippen LogP contribution in [-0.2, 0) is 17.9 Å². The molecular weight excluding hydrogens is 336 g/mol. The van der Waals surface area contributed by atoms with Gasteiger partial charge in [-0.2, -0.15) is 0 Å². The van der Waals surface area contributed by atoms with Crippen LogP contribution in [0.4, 0.5) is 0 Å². The number of pyridine rings is 1. The standard InChI is InChI=1S/C23H20N2O2/c1-24(15-17-9-3-2-4-10-17)22(26)16-25-20-13-7-5-11-18(20)23(27)19-12-6-8-14-21(19)25/h2-14H,15-16H2,1H3. The molecule has 0 spiro atoms. The van der Waals surface area contributed by atoms with E-state index in [4.69, 9.17) is 0 Å². The maximum Gasteiger partial charge on any atom is 0.242 e. The van der Waals surface area contributed by atoms with E-state index in [1.165, 1.54) is 0 Å². The van der Waals surface area contributed by atoms with Gasteiger partial charge >= 0.3 is 0 Å². The topological polar surface area (TPSA) is 42.3 Å². The summed E-state index contributed by atoms with van der Waals surface area (Å²) in [5.74, 6) is -0.00203. The van der Waals surface area contributed by atoms with E-state index in [-0.39, 0.29) is 17.9 Å². The predicted octanol–water partition coefficient (Wildman–Crippen LogP) is 3.81. The number of aromatic nitrogens is 1. The normalized spacial score (nSPS) is 11.0. The van der Waals surface area contributed by atoms with Gasteiger partial charge in [-0.15, -0.1) is 0 Å². The zero-order chi connectivity index (χ0) is 18.8. The molecule has 0 atom stereocenters. The Morgan fingerprint density at radius 3 is 1.93 bits per heavy atom. The molecular formula is C23H20N2O2. The maximum atomic E-state index is 12.9. The highest BCUT2D eigenvalue weighted by Crippen LogP contribution is 2.19. The number of carbonyl (C=O) groups excluding carboxylic acids is 1. The van der Waals surface area contributed by atoms with Crippen LogP contribution >= 0.6 is 0 Å². The highest BCUT2D eigenvalue weighted by Gasteiger charge is 2.15. The molecule has 0 N–H and O–H groups in total. The molecule has 1 aromatic heterocycles. The Hall–Kier alpha value is -3.40. The first-order valence-corrected chi connectivity index (χ1v) is 8.93. The number of hydrogen-bond acceptors (Lipinski definition) is 2. The third-order valence-electron chi connectivity index (χ3n) is 4.86. The number of benzene rings is 3. The number of nitrogens with zero attached hydrogens (tertiary/aromatic N) is 2. The van der Waals surface area contributed by atoms with Crippen LogP contribution in [0.25, 0.3) is 21.8 Å². The molecule has 4 rings (SSSR count). The third-order valence-corrected chi connectivity index (χ3v) is 4.86. The van der Waals surface area contributed by atoms with Crippen molar-refractivity contribution in [2.75, 3.05) is 7.05 Å². The first-order valence-electron chi connectivity index (χ1n) is 8.93. The smallest absolute Gasteiger partial charge is 0.242 e. The Labute approximate surface area is 157 Å². The Balaban J connectivity index is 1.75. The summed E-state index contributed by atoms with van der Waals surface area (Å²) in [6.45, 7) is 0.736. The summed E-state index contributed by atoms with van der Waals surface area (Å²) in [4.78, 5) is 27.4. The molecule has 0 fully saturated rings. The molecule has 4 nitrogen and oxygen atoms in total. The fraction of sp³-hybridized carbons (Fsp3) is 0.130. The summed E-state index contributed by atoms with van der Waals surface area (Å²) in [6, 6.07) is 24.8. The zero-order valence-corrected chi connectivity index (χ0v) is 15.1. The van der Waals surface area contributed by atoms with E-state index in [0.717, 1.165) is 16.6 Å². The predicted molar refractivity (Wildman–Crippen MR) is 109 cm³/mol. The van der Waals surface area contributed by atoms with Crippen LogP contribution in [-0.4, -0.2) is 22.4 Å². The van der Waals surface area contributed by atoms with Crippen molar-refractivity contribution in [1.82, 2.24) is 9.47 Å². The van der Waals surface area contributed by atoms with Gasteiger partial charge in [0.1, 0.15) is 6.54 Å². The number of rotatable bonds is 4. The van der Waals surface area contributed by atoms with Crippen molar-refractivity contribution in [3.05, 3.63) is 94.6 Å². The van der Waals surface area contributed by atoms with Crippen molar-refractivity contribution in [3.8, 4) is 0 Å². The Kier molecular flexibility index (Phi) is 4.47. The molecule has 0 aliphatic heterocycles. The van der Waals surface area contributed by atoms with Crippen molar-refractivity contribution < 1.29 is 4.79 Å². The molecule has 3 aromatic carbocycles. The van der Waals surface area contributed by atoms with Crippen molar-refractivity contribution in [3.63, 3.8) is 0 Å². The lowest BCUT2D eigenvalue weighted by Gasteiger charge is -2.20. The average molecular weight is 356 g/mol. The Bertz CT molecular complexity index is 1120. The molecule has 134 valence electrons. The van der Waals surface area contributed by atoms with E-state index in [0.29, 0.717) is 17.3 Å². The minimum Gasteiger partial charge on any atom is -0.340 e.